The minimum absolute atomic E-state index is 0.181. The van der Waals surface area contributed by atoms with Gasteiger partial charge in [0.2, 0.25) is 5.91 Å². The first-order valence-corrected chi connectivity index (χ1v) is 6.99. The van der Waals surface area contributed by atoms with E-state index in [1.165, 1.54) is 0 Å². The van der Waals surface area contributed by atoms with Crippen LogP contribution in [0.25, 0.3) is 0 Å². The minimum Gasteiger partial charge on any atom is -0.324 e. The van der Waals surface area contributed by atoms with Crippen LogP contribution in [-0.2, 0) is 17.6 Å². The van der Waals surface area contributed by atoms with Gasteiger partial charge in [0.25, 0.3) is 0 Å². The minimum atomic E-state index is -0.556. The second-order valence-electron chi connectivity index (χ2n) is 4.62. The first-order chi connectivity index (χ1) is 9.17. The molecule has 0 aliphatic heterocycles. The first kappa shape index (κ1) is 15.2. The Morgan fingerprint density at radius 1 is 1.26 bits per heavy atom. The smallest absolute Gasteiger partial charge is 0.241 e. The standard InChI is InChI=1S/C16H22N2O/c1-4-8-14(11-17)16(19)18-15-12(5-2)9-7-10-13(15)6-3/h7,9-10,14H,4-6,8H2,1-3H3,(H,18,19). The molecule has 19 heavy (non-hydrogen) atoms. The molecule has 0 saturated heterocycles. The van der Waals surface area contributed by atoms with Crippen molar-refractivity contribution in [1.82, 2.24) is 0 Å². The zero-order chi connectivity index (χ0) is 14.3. The molecule has 1 N–H and O–H groups in total. The van der Waals surface area contributed by atoms with Gasteiger partial charge in [-0.15, -0.1) is 0 Å². The average Bonchev–Trinajstić information content (AvgIpc) is 2.44. The monoisotopic (exact) mass is 258 g/mol. The number of carbonyl (C=O) groups is 1. The van der Waals surface area contributed by atoms with Crippen molar-refractivity contribution in [2.24, 2.45) is 5.92 Å². The van der Waals surface area contributed by atoms with Crippen molar-refractivity contribution in [2.45, 2.75) is 46.5 Å². The third kappa shape index (κ3) is 3.82. The van der Waals surface area contributed by atoms with Gasteiger partial charge in [0.05, 0.1) is 6.07 Å². The highest BCUT2D eigenvalue weighted by Crippen LogP contribution is 2.23. The normalized spacial score (nSPS) is 11.7. The molecule has 0 aliphatic rings. The van der Waals surface area contributed by atoms with E-state index < -0.39 is 5.92 Å². The average molecular weight is 258 g/mol. The molecule has 0 saturated carbocycles. The predicted octanol–water partition coefficient (Wildman–Crippen LogP) is 3.69. The lowest BCUT2D eigenvalue weighted by atomic mass is 10.0. The number of nitrogens with one attached hydrogen (secondary N) is 1. The van der Waals surface area contributed by atoms with Crippen LogP contribution in [0.15, 0.2) is 18.2 Å². The van der Waals surface area contributed by atoms with Gasteiger partial charge in [0.1, 0.15) is 5.92 Å². The Hall–Kier alpha value is -1.82. The van der Waals surface area contributed by atoms with E-state index in [0.717, 1.165) is 36.1 Å². The van der Waals surface area contributed by atoms with Crippen LogP contribution in [-0.4, -0.2) is 5.91 Å². The fourth-order valence-electron chi connectivity index (χ4n) is 2.16. The Morgan fingerprint density at radius 3 is 2.26 bits per heavy atom. The molecular weight excluding hydrogens is 236 g/mol. The molecule has 3 heteroatoms. The van der Waals surface area contributed by atoms with Gasteiger partial charge in [-0.3, -0.25) is 4.79 Å². The molecule has 1 atom stereocenters. The molecule has 1 amide bonds. The zero-order valence-corrected chi connectivity index (χ0v) is 12.0. The third-order valence-electron chi connectivity index (χ3n) is 3.30. The van der Waals surface area contributed by atoms with Crippen molar-refractivity contribution >= 4 is 11.6 Å². The van der Waals surface area contributed by atoms with Gasteiger partial charge in [-0.05, 0) is 30.4 Å². The van der Waals surface area contributed by atoms with Crippen LogP contribution in [0.2, 0.25) is 0 Å². The summed E-state index contributed by atoms with van der Waals surface area (Å²) < 4.78 is 0. The maximum atomic E-state index is 12.1. The van der Waals surface area contributed by atoms with E-state index in [2.05, 4.69) is 25.2 Å². The van der Waals surface area contributed by atoms with Gasteiger partial charge in [0.15, 0.2) is 0 Å². The molecule has 0 heterocycles. The van der Waals surface area contributed by atoms with Crippen molar-refractivity contribution in [3.8, 4) is 6.07 Å². The summed E-state index contributed by atoms with van der Waals surface area (Å²) in [4.78, 5) is 12.1. The van der Waals surface area contributed by atoms with E-state index >= 15 is 0 Å². The summed E-state index contributed by atoms with van der Waals surface area (Å²) >= 11 is 0. The highest BCUT2D eigenvalue weighted by Gasteiger charge is 2.18. The largest absolute Gasteiger partial charge is 0.324 e. The van der Waals surface area contributed by atoms with Gasteiger partial charge in [-0.1, -0.05) is 45.4 Å². The first-order valence-electron chi connectivity index (χ1n) is 6.99. The fourth-order valence-corrected chi connectivity index (χ4v) is 2.16. The zero-order valence-electron chi connectivity index (χ0n) is 12.0. The molecule has 1 aromatic rings. The number of aryl methyl sites for hydroxylation is 2. The molecule has 0 aliphatic carbocycles. The van der Waals surface area contributed by atoms with Crippen LogP contribution in [0.1, 0.15) is 44.7 Å². The highest BCUT2D eigenvalue weighted by molar-refractivity contribution is 5.95. The number of amides is 1. The van der Waals surface area contributed by atoms with Crippen molar-refractivity contribution in [2.75, 3.05) is 5.32 Å². The molecule has 1 unspecified atom stereocenters. The second-order valence-corrected chi connectivity index (χ2v) is 4.62. The predicted molar refractivity (Wildman–Crippen MR) is 77.8 cm³/mol. The Labute approximate surface area is 115 Å². The summed E-state index contributed by atoms with van der Waals surface area (Å²) in [6, 6.07) is 8.15. The van der Waals surface area contributed by atoms with Gasteiger partial charge in [-0.25, -0.2) is 0 Å². The molecule has 1 rings (SSSR count). The Bertz CT molecular complexity index is 452. The second kappa shape index (κ2) is 7.58. The molecular formula is C16H22N2O. The van der Waals surface area contributed by atoms with Gasteiger partial charge >= 0.3 is 0 Å². The van der Waals surface area contributed by atoms with E-state index in [1.807, 2.05) is 25.1 Å². The summed E-state index contributed by atoms with van der Waals surface area (Å²) in [6.45, 7) is 6.12. The highest BCUT2D eigenvalue weighted by atomic mass is 16.1. The number of nitriles is 1. The van der Waals surface area contributed by atoms with Crippen molar-refractivity contribution in [3.05, 3.63) is 29.3 Å². The molecule has 102 valence electrons. The number of para-hydroxylation sites is 1. The third-order valence-corrected chi connectivity index (χ3v) is 3.30. The molecule has 0 fully saturated rings. The Balaban J connectivity index is 2.98. The quantitative estimate of drug-likeness (QED) is 0.846. The number of nitrogens with zero attached hydrogens (tertiary/aromatic N) is 1. The molecule has 0 radical (unpaired) electrons. The van der Waals surface area contributed by atoms with E-state index in [0.29, 0.717) is 6.42 Å². The van der Waals surface area contributed by atoms with Crippen LogP contribution < -0.4 is 5.32 Å². The van der Waals surface area contributed by atoms with Crippen LogP contribution in [0.3, 0.4) is 0 Å². The lowest BCUT2D eigenvalue weighted by Gasteiger charge is -2.16. The fraction of sp³-hybridized carbons (Fsp3) is 0.500. The van der Waals surface area contributed by atoms with Crippen molar-refractivity contribution in [1.29, 1.82) is 5.26 Å². The number of anilines is 1. The summed E-state index contributed by atoms with van der Waals surface area (Å²) in [5, 5.41) is 12.0. The molecule has 0 aromatic heterocycles. The van der Waals surface area contributed by atoms with Crippen molar-refractivity contribution in [3.63, 3.8) is 0 Å². The van der Waals surface area contributed by atoms with Crippen molar-refractivity contribution < 1.29 is 4.79 Å². The van der Waals surface area contributed by atoms with Crippen LogP contribution in [0, 0.1) is 17.2 Å². The molecule has 0 bridgehead atoms. The maximum Gasteiger partial charge on any atom is 0.241 e. The molecule has 0 spiro atoms. The summed E-state index contributed by atoms with van der Waals surface area (Å²) in [7, 11) is 0. The topological polar surface area (TPSA) is 52.9 Å². The van der Waals surface area contributed by atoms with Crippen LogP contribution in [0.4, 0.5) is 5.69 Å². The Kier molecular flexibility index (Phi) is 6.08. The number of carbonyl (C=O) groups excluding carboxylic acids is 1. The van der Waals surface area contributed by atoms with Crippen LogP contribution in [0.5, 0.6) is 0 Å². The molecule has 1 aromatic carbocycles. The lowest BCUT2D eigenvalue weighted by molar-refractivity contribution is -0.118. The van der Waals surface area contributed by atoms with E-state index in [4.69, 9.17) is 5.26 Å². The summed E-state index contributed by atoms with van der Waals surface area (Å²) in [5.41, 5.74) is 3.15. The van der Waals surface area contributed by atoms with E-state index in [-0.39, 0.29) is 5.91 Å². The lowest BCUT2D eigenvalue weighted by Crippen LogP contribution is -2.23. The Morgan fingerprint density at radius 2 is 1.84 bits per heavy atom. The maximum absolute atomic E-state index is 12.1. The van der Waals surface area contributed by atoms with Crippen LogP contribution >= 0.6 is 0 Å². The number of benzene rings is 1. The number of rotatable bonds is 6. The summed E-state index contributed by atoms with van der Waals surface area (Å²) in [5.74, 6) is -0.737. The SMILES string of the molecule is CCCC(C#N)C(=O)Nc1c(CC)cccc1CC. The number of hydrogen-bond donors (Lipinski definition) is 1. The van der Waals surface area contributed by atoms with E-state index in [9.17, 15) is 4.79 Å². The summed E-state index contributed by atoms with van der Waals surface area (Å²) in [6.07, 6.45) is 3.18. The van der Waals surface area contributed by atoms with E-state index in [1.54, 1.807) is 0 Å². The van der Waals surface area contributed by atoms with Gasteiger partial charge < -0.3 is 5.32 Å². The molecule has 3 nitrogen and oxygen atoms in total. The number of hydrogen-bond acceptors (Lipinski definition) is 2. The van der Waals surface area contributed by atoms with Gasteiger partial charge in [0, 0.05) is 5.69 Å². The van der Waals surface area contributed by atoms with Gasteiger partial charge in [-0.2, -0.15) is 5.26 Å².